The first-order valence-corrected chi connectivity index (χ1v) is 9.20. The summed E-state index contributed by atoms with van der Waals surface area (Å²) in [7, 11) is 0. The molecule has 122 valence electrons. The van der Waals surface area contributed by atoms with Gasteiger partial charge in [0, 0.05) is 6.54 Å². The minimum absolute atomic E-state index is 0.847. The van der Waals surface area contributed by atoms with E-state index in [2.05, 4.69) is 65.6 Å². The van der Waals surface area contributed by atoms with E-state index in [4.69, 9.17) is 0 Å². The molecule has 0 saturated carbocycles. The van der Waals surface area contributed by atoms with Crippen molar-refractivity contribution < 1.29 is 0 Å². The number of aryl methyl sites for hydroxylation is 1. The predicted octanol–water partition coefficient (Wildman–Crippen LogP) is 4.96. The van der Waals surface area contributed by atoms with Gasteiger partial charge in [0.15, 0.2) is 0 Å². The summed E-state index contributed by atoms with van der Waals surface area (Å²) in [5, 5.41) is 0. The van der Waals surface area contributed by atoms with Gasteiger partial charge in [0.1, 0.15) is 0 Å². The highest BCUT2D eigenvalue weighted by Gasteiger charge is 2.19. The van der Waals surface area contributed by atoms with Gasteiger partial charge in [0.05, 0.1) is 0 Å². The summed E-state index contributed by atoms with van der Waals surface area (Å²) >= 11 is 0. The van der Waals surface area contributed by atoms with Crippen LogP contribution in [-0.4, -0.2) is 24.5 Å². The monoisotopic (exact) mass is 307 g/mol. The Morgan fingerprint density at radius 2 is 1.52 bits per heavy atom. The van der Waals surface area contributed by atoms with E-state index in [1.807, 2.05) is 0 Å². The molecule has 2 aromatic rings. The van der Waals surface area contributed by atoms with Crippen LogP contribution in [0, 0.1) is 5.92 Å². The van der Waals surface area contributed by atoms with Crippen molar-refractivity contribution in [1.82, 2.24) is 4.90 Å². The van der Waals surface area contributed by atoms with Crippen LogP contribution in [0.15, 0.2) is 60.7 Å². The zero-order valence-corrected chi connectivity index (χ0v) is 14.2. The molecule has 1 heteroatoms. The van der Waals surface area contributed by atoms with Crippen molar-refractivity contribution >= 4 is 0 Å². The topological polar surface area (TPSA) is 3.24 Å². The molecule has 0 amide bonds. The zero-order chi connectivity index (χ0) is 15.7. The number of likely N-dealkylation sites (tertiary alicyclic amines) is 1. The molecule has 1 saturated heterocycles. The second-order valence-corrected chi connectivity index (χ2v) is 6.94. The smallest absolute Gasteiger partial charge is 0.00128 e. The van der Waals surface area contributed by atoms with E-state index < -0.39 is 0 Å². The number of piperidine rings is 1. The second kappa shape index (κ2) is 8.88. The molecule has 0 aliphatic carbocycles. The first kappa shape index (κ1) is 16.3. The van der Waals surface area contributed by atoms with Gasteiger partial charge in [-0.15, -0.1) is 0 Å². The lowest BCUT2D eigenvalue weighted by Gasteiger charge is -2.32. The van der Waals surface area contributed by atoms with Gasteiger partial charge in [-0.3, -0.25) is 0 Å². The summed E-state index contributed by atoms with van der Waals surface area (Å²) in [4.78, 5) is 2.70. The van der Waals surface area contributed by atoms with Crippen molar-refractivity contribution in [1.29, 1.82) is 0 Å². The highest BCUT2D eigenvalue weighted by atomic mass is 15.1. The fourth-order valence-electron chi connectivity index (χ4n) is 3.78. The lowest BCUT2D eigenvalue weighted by Crippen LogP contribution is -2.36. The van der Waals surface area contributed by atoms with Crippen LogP contribution in [0.2, 0.25) is 0 Å². The van der Waals surface area contributed by atoms with Crippen molar-refractivity contribution in [2.45, 2.75) is 38.5 Å². The summed E-state index contributed by atoms with van der Waals surface area (Å²) in [6.45, 7) is 3.87. The van der Waals surface area contributed by atoms with Crippen LogP contribution in [0.1, 0.15) is 36.8 Å². The quantitative estimate of drug-likeness (QED) is 0.653. The summed E-state index contributed by atoms with van der Waals surface area (Å²) in [6, 6.07) is 21.9. The maximum Gasteiger partial charge on any atom is 0.00128 e. The number of hydrogen-bond donors (Lipinski definition) is 0. The maximum atomic E-state index is 2.70. The van der Waals surface area contributed by atoms with E-state index in [1.54, 1.807) is 0 Å². The Kier molecular flexibility index (Phi) is 6.28. The molecule has 23 heavy (non-hydrogen) atoms. The summed E-state index contributed by atoms with van der Waals surface area (Å²) in [6.07, 6.45) is 7.88. The molecule has 0 aromatic heterocycles. The second-order valence-electron chi connectivity index (χ2n) is 6.94. The average molecular weight is 307 g/mol. The van der Waals surface area contributed by atoms with Crippen LogP contribution >= 0.6 is 0 Å². The van der Waals surface area contributed by atoms with Gasteiger partial charge in [0.25, 0.3) is 0 Å². The van der Waals surface area contributed by atoms with Gasteiger partial charge in [-0.05, 0) is 68.7 Å². The number of unbranched alkanes of at least 4 members (excludes halogenated alkanes) is 1. The van der Waals surface area contributed by atoms with Crippen LogP contribution in [0.3, 0.4) is 0 Å². The molecule has 3 rings (SSSR count). The van der Waals surface area contributed by atoms with Crippen molar-refractivity contribution in [2.24, 2.45) is 5.92 Å². The Morgan fingerprint density at radius 1 is 0.826 bits per heavy atom. The molecule has 1 unspecified atom stereocenters. The number of rotatable bonds is 7. The Morgan fingerprint density at radius 3 is 2.26 bits per heavy atom. The van der Waals surface area contributed by atoms with E-state index >= 15 is 0 Å². The Bertz CT molecular complexity index is 549. The van der Waals surface area contributed by atoms with Gasteiger partial charge < -0.3 is 4.90 Å². The third-order valence-electron chi connectivity index (χ3n) is 5.00. The summed E-state index contributed by atoms with van der Waals surface area (Å²) in [5.41, 5.74) is 2.98. The van der Waals surface area contributed by atoms with Gasteiger partial charge >= 0.3 is 0 Å². The fraction of sp³-hybridized carbons (Fsp3) is 0.455. The van der Waals surface area contributed by atoms with Crippen LogP contribution in [0.5, 0.6) is 0 Å². The van der Waals surface area contributed by atoms with Gasteiger partial charge in [-0.2, -0.15) is 0 Å². The molecule has 1 fully saturated rings. The first-order valence-electron chi connectivity index (χ1n) is 9.20. The predicted molar refractivity (Wildman–Crippen MR) is 98.7 cm³/mol. The van der Waals surface area contributed by atoms with Crippen LogP contribution in [-0.2, 0) is 12.8 Å². The standard InChI is InChI=1S/C22H29N/c1-3-10-20(11-4-1)12-7-8-16-23-17-9-15-22(19-23)18-21-13-5-2-6-14-21/h1-6,10-11,13-14,22H,7-9,12,15-19H2. The van der Waals surface area contributed by atoms with E-state index in [9.17, 15) is 0 Å². The third kappa shape index (κ3) is 5.51. The van der Waals surface area contributed by atoms with Crippen LogP contribution in [0.4, 0.5) is 0 Å². The lowest BCUT2D eigenvalue weighted by molar-refractivity contribution is 0.171. The first-order chi connectivity index (χ1) is 11.4. The van der Waals surface area contributed by atoms with E-state index in [-0.39, 0.29) is 0 Å². The zero-order valence-electron chi connectivity index (χ0n) is 14.2. The molecular weight excluding hydrogens is 278 g/mol. The molecule has 0 N–H and O–H groups in total. The van der Waals surface area contributed by atoms with Crippen LogP contribution in [0.25, 0.3) is 0 Å². The normalized spacial score (nSPS) is 18.9. The Balaban J connectivity index is 1.37. The van der Waals surface area contributed by atoms with E-state index in [0.717, 1.165) is 5.92 Å². The molecule has 2 aromatic carbocycles. The number of nitrogens with zero attached hydrogens (tertiary/aromatic N) is 1. The van der Waals surface area contributed by atoms with Gasteiger partial charge in [-0.25, -0.2) is 0 Å². The minimum atomic E-state index is 0.847. The highest BCUT2D eigenvalue weighted by Crippen LogP contribution is 2.21. The Hall–Kier alpha value is -1.60. The highest BCUT2D eigenvalue weighted by molar-refractivity contribution is 5.15. The summed E-state index contributed by atoms with van der Waals surface area (Å²) < 4.78 is 0. The minimum Gasteiger partial charge on any atom is -0.303 e. The third-order valence-corrected chi connectivity index (χ3v) is 5.00. The van der Waals surface area contributed by atoms with Crippen molar-refractivity contribution in [2.75, 3.05) is 19.6 Å². The van der Waals surface area contributed by atoms with E-state index in [0.29, 0.717) is 0 Å². The number of hydrogen-bond acceptors (Lipinski definition) is 1. The van der Waals surface area contributed by atoms with Gasteiger partial charge in [-0.1, -0.05) is 60.7 Å². The van der Waals surface area contributed by atoms with Crippen molar-refractivity contribution in [3.05, 3.63) is 71.8 Å². The molecule has 0 bridgehead atoms. The fourth-order valence-corrected chi connectivity index (χ4v) is 3.78. The molecule has 1 aliphatic rings. The molecule has 1 atom stereocenters. The molecule has 1 nitrogen and oxygen atoms in total. The number of benzene rings is 2. The molecule has 1 heterocycles. The largest absolute Gasteiger partial charge is 0.303 e. The molecule has 0 spiro atoms. The van der Waals surface area contributed by atoms with Crippen LogP contribution < -0.4 is 0 Å². The molecular formula is C22H29N. The van der Waals surface area contributed by atoms with E-state index in [1.165, 1.54) is 69.3 Å². The molecule has 0 radical (unpaired) electrons. The average Bonchev–Trinajstić information content (AvgIpc) is 2.61. The SMILES string of the molecule is c1ccc(CCCCN2CCCC(Cc3ccccc3)C2)cc1. The summed E-state index contributed by atoms with van der Waals surface area (Å²) in [5.74, 6) is 0.847. The van der Waals surface area contributed by atoms with Gasteiger partial charge in [0.2, 0.25) is 0 Å². The molecule has 1 aliphatic heterocycles. The lowest BCUT2D eigenvalue weighted by atomic mass is 9.91. The van der Waals surface area contributed by atoms with Crippen molar-refractivity contribution in [3.63, 3.8) is 0 Å². The maximum absolute atomic E-state index is 2.70. The van der Waals surface area contributed by atoms with Crippen molar-refractivity contribution in [3.8, 4) is 0 Å². The Labute approximate surface area is 141 Å².